The van der Waals surface area contributed by atoms with E-state index in [9.17, 15) is 0 Å². The van der Waals surface area contributed by atoms with Crippen LogP contribution in [0.1, 0.15) is 65.2 Å². The van der Waals surface area contributed by atoms with Gasteiger partial charge >= 0.3 is 0 Å². The monoisotopic (exact) mass is 328 g/mol. The van der Waals surface area contributed by atoms with Crippen molar-refractivity contribution in [2.75, 3.05) is 13.2 Å². The number of ether oxygens (including phenoxy) is 2. The van der Waals surface area contributed by atoms with Crippen LogP contribution in [0.3, 0.4) is 0 Å². The average Bonchev–Trinajstić information content (AvgIpc) is 3.18. The zero-order valence-electron chi connectivity index (χ0n) is 15.4. The van der Waals surface area contributed by atoms with E-state index in [2.05, 4.69) is 26.0 Å². The number of hydrogen-bond donors (Lipinski definition) is 0. The van der Waals surface area contributed by atoms with Crippen LogP contribution in [0, 0.1) is 29.1 Å². The lowest BCUT2D eigenvalue weighted by molar-refractivity contribution is -0.175. The fourth-order valence-corrected chi connectivity index (χ4v) is 7.31. The largest absolute Gasteiger partial charge is 0.347 e. The number of rotatable bonds is 0. The molecule has 5 aliphatic rings. The van der Waals surface area contributed by atoms with E-state index < -0.39 is 0 Å². The van der Waals surface area contributed by atoms with Gasteiger partial charge in [0.2, 0.25) is 0 Å². The SMILES string of the molecule is CC=C1CCC2C3CC=C4CC5(CC[C@H]4C3CC[C@@]12C)OCCO5. The molecular formula is C22H32O2. The van der Waals surface area contributed by atoms with Gasteiger partial charge in [-0.15, -0.1) is 0 Å². The smallest absolute Gasteiger partial charge is 0.172 e. The highest BCUT2D eigenvalue weighted by Gasteiger charge is 2.55. The molecule has 1 saturated heterocycles. The molecule has 0 N–H and O–H groups in total. The molecule has 2 nitrogen and oxygen atoms in total. The van der Waals surface area contributed by atoms with Gasteiger partial charge in [-0.25, -0.2) is 0 Å². The summed E-state index contributed by atoms with van der Waals surface area (Å²) in [5.41, 5.74) is 3.95. The van der Waals surface area contributed by atoms with Gasteiger partial charge in [-0.2, -0.15) is 0 Å². The molecule has 1 aliphatic heterocycles. The standard InChI is InChI=1S/C22H32O2/c1-3-16-5-7-20-19-6-4-15-14-22(23-12-13-24-22)11-9-17(15)18(19)8-10-21(16,20)2/h3-4,17-20H,5-14H2,1-2H3/t17-,18?,19?,20?,21+/m1/s1. The van der Waals surface area contributed by atoms with Crippen molar-refractivity contribution in [2.45, 2.75) is 71.0 Å². The zero-order chi connectivity index (χ0) is 16.4. The van der Waals surface area contributed by atoms with Crippen molar-refractivity contribution in [3.63, 3.8) is 0 Å². The molecule has 5 atom stereocenters. The van der Waals surface area contributed by atoms with Crippen LogP contribution in [0.5, 0.6) is 0 Å². The minimum Gasteiger partial charge on any atom is -0.347 e. The summed E-state index contributed by atoms with van der Waals surface area (Å²) in [4.78, 5) is 0. The Hall–Kier alpha value is -0.600. The topological polar surface area (TPSA) is 18.5 Å². The Morgan fingerprint density at radius 2 is 1.92 bits per heavy atom. The summed E-state index contributed by atoms with van der Waals surface area (Å²) >= 11 is 0. The van der Waals surface area contributed by atoms with Crippen molar-refractivity contribution in [2.24, 2.45) is 29.1 Å². The minimum absolute atomic E-state index is 0.246. The van der Waals surface area contributed by atoms with Crippen molar-refractivity contribution < 1.29 is 9.47 Å². The Bertz CT molecular complexity index is 583. The molecule has 132 valence electrons. The van der Waals surface area contributed by atoms with Crippen LogP contribution in [-0.2, 0) is 9.47 Å². The van der Waals surface area contributed by atoms with E-state index in [0.717, 1.165) is 49.7 Å². The fraction of sp³-hybridized carbons (Fsp3) is 0.818. The van der Waals surface area contributed by atoms with Crippen LogP contribution >= 0.6 is 0 Å². The molecule has 1 spiro atoms. The maximum absolute atomic E-state index is 6.01. The molecule has 4 aliphatic carbocycles. The molecule has 0 amide bonds. The van der Waals surface area contributed by atoms with Crippen LogP contribution in [-0.4, -0.2) is 19.0 Å². The Morgan fingerprint density at radius 1 is 1.08 bits per heavy atom. The molecule has 0 aromatic carbocycles. The zero-order valence-corrected chi connectivity index (χ0v) is 15.4. The van der Waals surface area contributed by atoms with Gasteiger partial charge in [0, 0.05) is 12.8 Å². The third-order valence-electron chi connectivity index (χ3n) is 8.46. The predicted octanol–water partition coefficient (Wildman–Crippen LogP) is 5.25. The summed E-state index contributed by atoms with van der Waals surface area (Å²) < 4.78 is 12.0. The van der Waals surface area contributed by atoms with Crippen LogP contribution in [0.2, 0.25) is 0 Å². The van der Waals surface area contributed by atoms with E-state index >= 15 is 0 Å². The Kier molecular flexibility index (Phi) is 3.55. The molecule has 3 unspecified atom stereocenters. The summed E-state index contributed by atoms with van der Waals surface area (Å²) in [6.07, 6.45) is 15.4. The first kappa shape index (κ1) is 15.6. The second-order valence-electron chi connectivity index (χ2n) is 9.19. The lowest BCUT2D eigenvalue weighted by atomic mass is 9.52. The molecular weight excluding hydrogens is 296 g/mol. The van der Waals surface area contributed by atoms with E-state index in [4.69, 9.17) is 9.47 Å². The first-order chi connectivity index (χ1) is 11.7. The van der Waals surface area contributed by atoms with Crippen LogP contribution < -0.4 is 0 Å². The normalized spacial score (nSPS) is 48.1. The maximum Gasteiger partial charge on any atom is 0.172 e. The number of fused-ring (bicyclic) bond motifs is 5. The minimum atomic E-state index is -0.246. The summed E-state index contributed by atoms with van der Waals surface area (Å²) in [7, 11) is 0. The lowest BCUT2D eigenvalue weighted by Gasteiger charge is -2.53. The summed E-state index contributed by atoms with van der Waals surface area (Å²) in [5.74, 6) is 3.35. The molecule has 24 heavy (non-hydrogen) atoms. The van der Waals surface area contributed by atoms with E-state index in [0.29, 0.717) is 5.41 Å². The van der Waals surface area contributed by atoms with Crippen molar-refractivity contribution in [3.05, 3.63) is 23.3 Å². The lowest BCUT2D eigenvalue weighted by Crippen LogP contribution is -2.47. The van der Waals surface area contributed by atoms with Crippen molar-refractivity contribution in [1.82, 2.24) is 0 Å². The van der Waals surface area contributed by atoms with Crippen molar-refractivity contribution >= 4 is 0 Å². The van der Waals surface area contributed by atoms with Gasteiger partial charge in [-0.1, -0.05) is 30.2 Å². The predicted molar refractivity (Wildman–Crippen MR) is 95.5 cm³/mol. The molecule has 0 radical (unpaired) electrons. The summed E-state index contributed by atoms with van der Waals surface area (Å²) in [6.45, 7) is 6.41. The molecule has 0 aromatic rings. The van der Waals surface area contributed by atoms with Gasteiger partial charge in [0.1, 0.15) is 0 Å². The van der Waals surface area contributed by atoms with Crippen LogP contribution in [0.25, 0.3) is 0 Å². The van der Waals surface area contributed by atoms with E-state index in [1.165, 1.54) is 38.5 Å². The van der Waals surface area contributed by atoms with Crippen LogP contribution in [0.15, 0.2) is 23.3 Å². The highest BCUT2D eigenvalue weighted by Crippen LogP contribution is 2.63. The molecule has 0 aromatic heterocycles. The molecule has 2 heteroatoms. The molecule has 3 saturated carbocycles. The Morgan fingerprint density at radius 3 is 2.71 bits per heavy atom. The Balaban J connectivity index is 1.41. The second-order valence-corrected chi connectivity index (χ2v) is 9.19. The first-order valence-electron chi connectivity index (χ1n) is 10.3. The number of hydrogen-bond acceptors (Lipinski definition) is 2. The first-order valence-corrected chi connectivity index (χ1v) is 10.3. The van der Waals surface area contributed by atoms with Gasteiger partial charge in [0.05, 0.1) is 13.2 Å². The van der Waals surface area contributed by atoms with Crippen molar-refractivity contribution in [1.29, 1.82) is 0 Å². The van der Waals surface area contributed by atoms with Crippen LogP contribution in [0.4, 0.5) is 0 Å². The van der Waals surface area contributed by atoms with E-state index in [-0.39, 0.29) is 5.79 Å². The highest BCUT2D eigenvalue weighted by molar-refractivity contribution is 5.26. The van der Waals surface area contributed by atoms with Crippen molar-refractivity contribution in [3.8, 4) is 0 Å². The average molecular weight is 328 g/mol. The molecule has 0 bridgehead atoms. The van der Waals surface area contributed by atoms with E-state index in [1.807, 2.05) is 0 Å². The van der Waals surface area contributed by atoms with Gasteiger partial charge in [0.25, 0.3) is 0 Å². The second kappa shape index (κ2) is 5.45. The van der Waals surface area contributed by atoms with E-state index in [1.54, 1.807) is 11.1 Å². The quantitative estimate of drug-likeness (QED) is 0.566. The maximum atomic E-state index is 6.01. The molecule has 1 heterocycles. The van der Waals surface area contributed by atoms with Gasteiger partial charge in [-0.05, 0) is 74.5 Å². The number of allylic oxidation sites excluding steroid dienone is 3. The van der Waals surface area contributed by atoms with Gasteiger partial charge in [0.15, 0.2) is 5.79 Å². The van der Waals surface area contributed by atoms with Gasteiger partial charge < -0.3 is 9.47 Å². The fourth-order valence-electron chi connectivity index (χ4n) is 7.31. The summed E-state index contributed by atoms with van der Waals surface area (Å²) in [6, 6.07) is 0. The third-order valence-corrected chi connectivity index (χ3v) is 8.46. The highest BCUT2D eigenvalue weighted by atomic mass is 16.7. The Labute approximate surface area is 146 Å². The molecule has 5 rings (SSSR count). The third kappa shape index (κ3) is 2.08. The summed E-state index contributed by atoms with van der Waals surface area (Å²) in [5, 5.41) is 0. The van der Waals surface area contributed by atoms with Gasteiger partial charge in [-0.3, -0.25) is 0 Å². The molecule has 4 fully saturated rings.